The Hall–Kier alpha value is -2.91. The number of rotatable bonds is 7. The lowest BCUT2D eigenvalue weighted by molar-refractivity contribution is -0.142. The van der Waals surface area contributed by atoms with Gasteiger partial charge in [0.25, 0.3) is 5.91 Å². The van der Waals surface area contributed by atoms with E-state index >= 15 is 0 Å². The highest BCUT2D eigenvalue weighted by Crippen LogP contribution is 2.28. The Bertz CT molecular complexity index is 1080. The summed E-state index contributed by atoms with van der Waals surface area (Å²) < 4.78 is 34.6. The second-order valence-electron chi connectivity index (χ2n) is 6.13. The summed E-state index contributed by atoms with van der Waals surface area (Å²) in [4.78, 5) is 35.4. The Kier molecular flexibility index (Phi) is 6.19. The van der Waals surface area contributed by atoms with Gasteiger partial charge >= 0.3 is 5.97 Å². The average Bonchev–Trinajstić information content (AvgIpc) is 2.70. The molecule has 1 N–H and O–H groups in total. The van der Waals surface area contributed by atoms with Crippen LogP contribution >= 0.6 is 11.6 Å². The molecule has 0 saturated carbocycles. The minimum absolute atomic E-state index is 0.0659. The van der Waals surface area contributed by atoms with E-state index in [9.17, 15) is 22.8 Å². The van der Waals surface area contributed by atoms with Crippen molar-refractivity contribution in [3.8, 4) is 5.75 Å². The fourth-order valence-electron chi connectivity index (χ4n) is 2.58. The van der Waals surface area contributed by atoms with Gasteiger partial charge in [0.1, 0.15) is 5.75 Å². The van der Waals surface area contributed by atoms with Crippen LogP contribution in [0.15, 0.2) is 47.4 Å². The molecule has 29 heavy (non-hydrogen) atoms. The van der Waals surface area contributed by atoms with Gasteiger partial charge < -0.3 is 14.8 Å². The molecule has 3 rings (SSSR count). The number of nitrogens with one attached hydrogen (secondary N) is 1. The largest absolute Gasteiger partial charge is 0.482 e. The Labute approximate surface area is 171 Å². The zero-order valence-corrected chi connectivity index (χ0v) is 16.6. The van der Waals surface area contributed by atoms with E-state index in [0.29, 0.717) is 11.4 Å². The number of benzene rings is 2. The normalized spacial score (nSPS) is 13.1. The molecule has 0 radical (unpaired) electrons. The van der Waals surface area contributed by atoms with Crippen molar-refractivity contribution in [3.05, 3.63) is 53.1 Å². The van der Waals surface area contributed by atoms with Crippen molar-refractivity contribution in [2.24, 2.45) is 0 Å². The van der Waals surface area contributed by atoms with Gasteiger partial charge in [-0.3, -0.25) is 14.4 Å². The van der Waals surface area contributed by atoms with Gasteiger partial charge in [0.15, 0.2) is 28.8 Å². The van der Waals surface area contributed by atoms with Crippen LogP contribution in [0.3, 0.4) is 0 Å². The van der Waals surface area contributed by atoms with Crippen LogP contribution < -0.4 is 10.1 Å². The number of hydrogen-bond donors (Lipinski definition) is 1. The summed E-state index contributed by atoms with van der Waals surface area (Å²) in [5, 5.41) is 2.64. The lowest BCUT2D eigenvalue weighted by Gasteiger charge is -2.18. The van der Waals surface area contributed by atoms with E-state index in [4.69, 9.17) is 21.1 Å². The third kappa shape index (κ3) is 5.12. The van der Waals surface area contributed by atoms with Gasteiger partial charge in [0.2, 0.25) is 0 Å². The van der Waals surface area contributed by atoms with Crippen LogP contribution in [-0.2, 0) is 24.2 Å². The number of amides is 1. The first kappa shape index (κ1) is 20.8. The van der Waals surface area contributed by atoms with E-state index in [0.717, 1.165) is 0 Å². The molecule has 0 spiro atoms. The third-order valence-electron chi connectivity index (χ3n) is 4.05. The van der Waals surface area contributed by atoms with Crippen LogP contribution in [0.2, 0.25) is 5.02 Å². The lowest BCUT2D eigenvalue weighted by Crippen LogP contribution is -2.25. The van der Waals surface area contributed by atoms with Crippen LogP contribution in [0.1, 0.15) is 16.8 Å². The third-order valence-corrected chi connectivity index (χ3v) is 6.25. The first-order valence-electron chi connectivity index (χ1n) is 8.49. The first-order valence-corrected chi connectivity index (χ1v) is 10.5. The average molecular weight is 438 g/mol. The summed E-state index contributed by atoms with van der Waals surface area (Å²) in [6.07, 6.45) is -0.422. The molecule has 1 aliphatic heterocycles. The number of ketones is 1. The number of sulfone groups is 1. The van der Waals surface area contributed by atoms with Gasteiger partial charge in [-0.2, -0.15) is 0 Å². The molecule has 0 saturated heterocycles. The molecule has 0 aromatic heterocycles. The van der Waals surface area contributed by atoms with E-state index in [1.165, 1.54) is 36.4 Å². The van der Waals surface area contributed by atoms with Crippen LogP contribution in [0.5, 0.6) is 5.75 Å². The summed E-state index contributed by atoms with van der Waals surface area (Å²) >= 11 is 5.88. The molecule has 0 fully saturated rings. The summed E-state index contributed by atoms with van der Waals surface area (Å²) in [7, 11) is -3.76. The standard InChI is InChI=1S/C19H16ClNO7S/c20-13-3-1-2-4-17(13)29(25,26)8-7-19(24)28-10-15(22)12-5-6-16-14(9-12)21-18(23)11-27-16/h1-6,9H,7-8,10-11H2,(H,21,23). The topological polar surface area (TPSA) is 116 Å². The molecular weight excluding hydrogens is 422 g/mol. The number of anilines is 1. The van der Waals surface area contributed by atoms with Crippen molar-refractivity contribution >= 4 is 44.8 Å². The predicted octanol–water partition coefficient (Wildman–Crippen LogP) is 2.26. The first-order chi connectivity index (χ1) is 13.8. The van der Waals surface area contributed by atoms with Gasteiger partial charge in [0, 0.05) is 5.56 Å². The molecule has 0 unspecified atom stereocenters. The van der Waals surface area contributed by atoms with Gasteiger partial charge in [-0.05, 0) is 30.3 Å². The van der Waals surface area contributed by atoms with Crippen molar-refractivity contribution in [3.63, 3.8) is 0 Å². The summed E-state index contributed by atoms with van der Waals surface area (Å²) in [5.41, 5.74) is 0.565. The van der Waals surface area contributed by atoms with E-state index in [2.05, 4.69) is 5.32 Å². The maximum Gasteiger partial charge on any atom is 0.307 e. The Morgan fingerprint density at radius 1 is 1.17 bits per heavy atom. The molecule has 0 atom stereocenters. The number of fused-ring (bicyclic) bond motifs is 1. The van der Waals surface area contributed by atoms with E-state index < -0.39 is 40.4 Å². The minimum atomic E-state index is -3.76. The molecule has 1 aliphatic rings. The molecule has 10 heteroatoms. The molecule has 8 nitrogen and oxygen atoms in total. The highest BCUT2D eigenvalue weighted by Gasteiger charge is 2.21. The molecule has 2 aromatic carbocycles. The van der Waals surface area contributed by atoms with E-state index in [-0.39, 0.29) is 28.0 Å². The predicted molar refractivity (Wildman–Crippen MR) is 104 cm³/mol. The van der Waals surface area contributed by atoms with Crippen molar-refractivity contribution in [1.82, 2.24) is 0 Å². The van der Waals surface area contributed by atoms with Gasteiger partial charge in [-0.1, -0.05) is 23.7 Å². The second-order valence-corrected chi connectivity index (χ2v) is 8.62. The zero-order chi connectivity index (χ0) is 21.0. The molecule has 1 amide bonds. The summed E-state index contributed by atoms with van der Waals surface area (Å²) in [6.45, 7) is -0.659. The Morgan fingerprint density at radius 3 is 2.69 bits per heavy atom. The Balaban J connectivity index is 1.54. The second kappa shape index (κ2) is 8.62. The van der Waals surface area contributed by atoms with Crippen molar-refractivity contribution in [2.45, 2.75) is 11.3 Å². The van der Waals surface area contributed by atoms with Gasteiger partial charge in [-0.25, -0.2) is 8.42 Å². The smallest absolute Gasteiger partial charge is 0.307 e. The number of ether oxygens (including phenoxy) is 2. The summed E-state index contributed by atoms with van der Waals surface area (Å²) in [5.74, 6) is -1.74. The number of carbonyl (C=O) groups excluding carboxylic acids is 3. The van der Waals surface area contributed by atoms with Gasteiger partial charge in [0.05, 0.1) is 27.8 Å². The van der Waals surface area contributed by atoms with Crippen LogP contribution in [0, 0.1) is 0 Å². The van der Waals surface area contributed by atoms with E-state index in [1.54, 1.807) is 6.07 Å². The summed E-state index contributed by atoms with van der Waals surface area (Å²) in [6, 6.07) is 10.3. The number of halogens is 1. The fourth-order valence-corrected chi connectivity index (χ4v) is 4.38. The number of Topliss-reactive ketones (excluding diaryl/α,β-unsaturated/α-hetero) is 1. The number of esters is 1. The monoisotopic (exact) mass is 437 g/mol. The lowest BCUT2D eigenvalue weighted by atomic mass is 10.1. The number of carbonyl (C=O) groups is 3. The molecule has 0 aliphatic carbocycles. The SMILES string of the molecule is O=C1COc2ccc(C(=O)COC(=O)CCS(=O)(=O)c3ccccc3Cl)cc2N1. The highest BCUT2D eigenvalue weighted by molar-refractivity contribution is 7.91. The van der Waals surface area contributed by atoms with E-state index in [1.807, 2.05) is 0 Å². The molecule has 2 aromatic rings. The van der Waals surface area contributed by atoms with Crippen LogP contribution in [0.25, 0.3) is 0 Å². The van der Waals surface area contributed by atoms with Crippen molar-refractivity contribution in [2.75, 3.05) is 24.3 Å². The quantitative estimate of drug-likeness (QED) is 0.521. The molecule has 0 bridgehead atoms. The van der Waals surface area contributed by atoms with Crippen LogP contribution in [-0.4, -0.2) is 45.0 Å². The maximum atomic E-state index is 12.3. The fraction of sp³-hybridized carbons (Fsp3) is 0.211. The molecule has 152 valence electrons. The van der Waals surface area contributed by atoms with Crippen LogP contribution in [0.4, 0.5) is 5.69 Å². The zero-order valence-electron chi connectivity index (χ0n) is 15.0. The molecule has 1 heterocycles. The molecular formula is C19H16ClNO7S. The Morgan fingerprint density at radius 2 is 1.93 bits per heavy atom. The minimum Gasteiger partial charge on any atom is -0.482 e. The van der Waals surface area contributed by atoms with Crippen molar-refractivity contribution < 1.29 is 32.3 Å². The maximum absolute atomic E-state index is 12.3. The number of hydrogen-bond acceptors (Lipinski definition) is 7. The van der Waals surface area contributed by atoms with Gasteiger partial charge in [-0.15, -0.1) is 0 Å². The van der Waals surface area contributed by atoms with Crippen molar-refractivity contribution in [1.29, 1.82) is 0 Å². The highest BCUT2D eigenvalue weighted by atomic mass is 35.5.